The number of hydrogen-bond acceptors (Lipinski definition) is 3. The molecule has 1 N–H and O–H groups in total. The van der Waals surface area contributed by atoms with Crippen LogP contribution in [-0.2, 0) is 14.8 Å². The van der Waals surface area contributed by atoms with Gasteiger partial charge in [0.25, 0.3) is 0 Å². The molecule has 28 heavy (non-hydrogen) atoms. The van der Waals surface area contributed by atoms with Crippen LogP contribution in [0.4, 0.5) is 10.1 Å². The molecule has 152 valence electrons. The first-order valence-electron chi connectivity index (χ1n) is 8.86. The summed E-state index contributed by atoms with van der Waals surface area (Å²) < 4.78 is 38.7. The lowest BCUT2D eigenvalue weighted by Crippen LogP contribution is -2.33. The van der Waals surface area contributed by atoms with Crippen LogP contribution in [0.3, 0.4) is 0 Å². The zero-order valence-electron chi connectivity index (χ0n) is 16.1. The molecule has 0 bridgehead atoms. The average molecular weight is 427 g/mol. The van der Waals surface area contributed by atoms with E-state index in [0.717, 1.165) is 17.4 Å². The van der Waals surface area contributed by atoms with E-state index < -0.39 is 10.0 Å². The first-order valence-corrected chi connectivity index (χ1v) is 11.1. The fourth-order valence-electron chi connectivity index (χ4n) is 2.85. The molecule has 0 fully saturated rings. The van der Waals surface area contributed by atoms with E-state index in [2.05, 4.69) is 5.32 Å². The number of sulfonamides is 1. The third-order valence-electron chi connectivity index (χ3n) is 4.35. The standard InChI is InChI=1S/C20H24ClFN2O3S/c1-14-6-9-17(21)13-19(14)24(28(3,26)27)12-4-5-20(25)23-15(2)16-7-10-18(22)11-8-16/h6-11,13,15H,4-5,12H2,1-3H3,(H,23,25). The van der Waals surface area contributed by atoms with Crippen molar-refractivity contribution in [2.75, 3.05) is 17.1 Å². The van der Waals surface area contributed by atoms with Gasteiger partial charge in [-0.3, -0.25) is 9.10 Å². The summed E-state index contributed by atoms with van der Waals surface area (Å²) in [6.07, 6.45) is 1.64. The van der Waals surface area contributed by atoms with Gasteiger partial charge in [-0.1, -0.05) is 29.8 Å². The number of benzene rings is 2. The van der Waals surface area contributed by atoms with E-state index in [1.807, 2.05) is 6.92 Å². The lowest BCUT2D eigenvalue weighted by atomic mass is 10.1. The number of hydrogen-bond donors (Lipinski definition) is 1. The summed E-state index contributed by atoms with van der Waals surface area (Å²) in [5, 5.41) is 3.28. The largest absolute Gasteiger partial charge is 0.350 e. The van der Waals surface area contributed by atoms with Gasteiger partial charge < -0.3 is 5.32 Å². The van der Waals surface area contributed by atoms with Crippen LogP contribution in [0.25, 0.3) is 0 Å². The molecule has 5 nitrogen and oxygen atoms in total. The summed E-state index contributed by atoms with van der Waals surface area (Å²) in [7, 11) is -3.52. The lowest BCUT2D eigenvalue weighted by molar-refractivity contribution is -0.121. The fraction of sp³-hybridized carbons (Fsp3) is 0.350. The molecule has 0 aromatic heterocycles. The van der Waals surface area contributed by atoms with Crippen molar-refractivity contribution in [2.45, 2.75) is 32.7 Å². The molecule has 2 aromatic rings. The Morgan fingerprint density at radius 3 is 2.46 bits per heavy atom. The molecule has 0 saturated heterocycles. The highest BCUT2D eigenvalue weighted by Crippen LogP contribution is 2.26. The highest BCUT2D eigenvalue weighted by molar-refractivity contribution is 7.92. The number of anilines is 1. The monoisotopic (exact) mass is 426 g/mol. The van der Waals surface area contributed by atoms with Crippen LogP contribution >= 0.6 is 11.6 Å². The molecule has 8 heteroatoms. The third-order valence-corrected chi connectivity index (χ3v) is 5.77. The van der Waals surface area contributed by atoms with Gasteiger partial charge in [0.2, 0.25) is 15.9 Å². The number of halogens is 2. The number of nitrogens with one attached hydrogen (secondary N) is 1. The maximum atomic E-state index is 13.0. The molecular formula is C20H24ClFN2O3S. The smallest absolute Gasteiger partial charge is 0.232 e. The first-order chi connectivity index (χ1) is 13.1. The van der Waals surface area contributed by atoms with Gasteiger partial charge in [0, 0.05) is 18.0 Å². The number of rotatable bonds is 8. The zero-order valence-corrected chi connectivity index (χ0v) is 17.6. The quantitative estimate of drug-likeness (QED) is 0.687. The second-order valence-electron chi connectivity index (χ2n) is 6.71. The molecule has 0 aliphatic carbocycles. The molecule has 1 unspecified atom stereocenters. The van der Waals surface area contributed by atoms with Crippen molar-refractivity contribution in [3.8, 4) is 0 Å². The normalized spacial score (nSPS) is 12.5. The fourth-order valence-corrected chi connectivity index (χ4v) is 4.03. The zero-order chi connectivity index (χ0) is 20.9. The number of carbonyl (C=O) groups excluding carboxylic acids is 1. The summed E-state index contributed by atoms with van der Waals surface area (Å²) in [6.45, 7) is 3.78. The van der Waals surface area contributed by atoms with Crippen LogP contribution in [0.2, 0.25) is 5.02 Å². The molecule has 0 aliphatic heterocycles. The summed E-state index contributed by atoms with van der Waals surface area (Å²) in [4.78, 5) is 12.2. The second kappa shape index (κ2) is 9.39. The molecule has 0 aliphatic rings. The van der Waals surface area contributed by atoms with Crippen molar-refractivity contribution >= 4 is 33.2 Å². The molecule has 2 aromatic carbocycles. The number of amides is 1. The van der Waals surface area contributed by atoms with E-state index in [4.69, 9.17) is 11.6 Å². The van der Waals surface area contributed by atoms with Crippen molar-refractivity contribution in [3.05, 3.63) is 64.4 Å². The minimum atomic E-state index is -3.52. The molecule has 0 radical (unpaired) electrons. The minimum Gasteiger partial charge on any atom is -0.350 e. The maximum Gasteiger partial charge on any atom is 0.232 e. The predicted octanol–water partition coefficient (Wildman–Crippen LogP) is 4.21. The van der Waals surface area contributed by atoms with E-state index in [1.165, 1.54) is 16.4 Å². The molecule has 2 rings (SSSR count). The maximum absolute atomic E-state index is 13.0. The van der Waals surface area contributed by atoms with E-state index in [-0.39, 0.29) is 30.7 Å². The van der Waals surface area contributed by atoms with Crippen LogP contribution in [0, 0.1) is 12.7 Å². The molecule has 0 heterocycles. The Morgan fingerprint density at radius 2 is 1.86 bits per heavy atom. The Labute approximate surface area is 170 Å². The average Bonchev–Trinajstić information content (AvgIpc) is 2.60. The molecule has 0 saturated carbocycles. The van der Waals surface area contributed by atoms with Crippen molar-refractivity contribution in [3.63, 3.8) is 0 Å². The van der Waals surface area contributed by atoms with Crippen LogP contribution < -0.4 is 9.62 Å². The Kier molecular flexibility index (Phi) is 7.43. The van der Waals surface area contributed by atoms with Crippen molar-refractivity contribution < 1.29 is 17.6 Å². The predicted molar refractivity (Wildman–Crippen MR) is 111 cm³/mol. The highest BCUT2D eigenvalue weighted by Gasteiger charge is 2.20. The Balaban J connectivity index is 1.97. The highest BCUT2D eigenvalue weighted by atomic mass is 35.5. The van der Waals surface area contributed by atoms with E-state index in [0.29, 0.717) is 17.1 Å². The summed E-state index contributed by atoms with van der Waals surface area (Å²) in [5.41, 5.74) is 2.08. The van der Waals surface area contributed by atoms with Crippen LogP contribution in [0.5, 0.6) is 0 Å². The van der Waals surface area contributed by atoms with Crippen LogP contribution in [0.1, 0.15) is 36.9 Å². The van der Waals surface area contributed by atoms with E-state index in [1.54, 1.807) is 37.3 Å². The van der Waals surface area contributed by atoms with Gasteiger partial charge >= 0.3 is 0 Å². The Bertz CT molecular complexity index is 933. The van der Waals surface area contributed by atoms with Gasteiger partial charge in [0.15, 0.2) is 0 Å². The van der Waals surface area contributed by atoms with Gasteiger partial charge in [0.05, 0.1) is 18.0 Å². The minimum absolute atomic E-state index is 0.164. The van der Waals surface area contributed by atoms with E-state index >= 15 is 0 Å². The molecular weight excluding hydrogens is 403 g/mol. The topological polar surface area (TPSA) is 66.5 Å². The molecule has 1 amide bonds. The summed E-state index contributed by atoms with van der Waals surface area (Å²) in [6, 6.07) is 10.7. The Morgan fingerprint density at radius 1 is 1.21 bits per heavy atom. The summed E-state index contributed by atoms with van der Waals surface area (Å²) >= 11 is 6.01. The SMILES string of the molecule is Cc1ccc(Cl)cc1N(CCCC(=O)NC(C)c1ccc(F)cc1)S(C)(=O)=O. The molecule has 0 spiro atoms. The van der Waals surface area contributed by atoms with E-state index in [9.17, 15) is 17.6 Å². The van der Waals surface area contributed by atoms with Gasteiger partial charge in [-0.05, 0) is 55.7 Å². The van der Waals surface area contributed by atoms with Crippen molar-refractivity contribution in [1.82, 2.24) is 5.32 Å². The van der Waals surface area contributed by atoms with Gasteiger partial charge in [-0.2, -0.15) is 0 Å². The third kappa shape index (κ3) is 6.21. The van der Waals surface area contributed by atoms with Crippen molar-refractivity contribution in [2.24, 2.45) is 0 Å². The summed E-state index contributed by atoms with van der Waals surface area (Å²) in [5.74, 6) is -0.535. The number of nitrogens with zero attached hydrogens (tertiary/aromatic N) is 1. The second-order valence-corrected chi connectivity index (χ2v) is 9.05. The van der Waals surface area contributed by atoms with Crippen molar-refractivity contribution in [1.29, 1.82) is 0 Å². The molecule has 1 atom stereocenters. The van der Waals surface area contributed by atoms with Gasteiger partial charge in [-0.25, -0.2) is 12.8 Å². The number of carbonyl (C=O) groups is 1. The number of aryl methyl sites for hydroxylation is 1. The van der Waals surface area contributed by atoms with Gasteiger partial charge in [0.1, 0.15) is 5.82 Å². The van der Waals surface area contributed by atoms with Gasteiger partial charge in [-0.15, -0.1) is 0 Å². The van der Waals surface area contributed by atoms with Crippen LogP contribution in [-0.4, -0.2) is 27.1 Å². The first kappa shape index (κ1) is 22.2. The Hall–Kier alpha value is -2.12. The van der Waals surface area contributed by atoms with Crippen LogP contribution in [0.15, 0.2) is 42.5 Å². The lowest BCUT2D eigenvalue weighted by Gasteiger charge is -2.24.